The maximum atomic E-state index is 12.9. The number of nitrogens with one attached hydrogen (secondary N) is 2. The molecule has 5 heteroatoms. The predicted molar refractivity (Wildman–Crippen MR) is 92.3 cm³/mol. The number of rotatable bonds is 5. The monoisotopic (exact) mass is 327 g/mol. The number of benzene rings is 1. The quantitative estimate of drug-likeness (QED) is 0.876. The van der Waals surface area contributed by atoms with Gasteiger partial charge in [0, 0.05) is 24.5 Å². The number of hydrogen-bond donors (Lipinski definition) is 2. The molecular formula is C19H22FN3O. The molecule has 4 nitrogen and oxygen atoms in total. The van der Waals surface area contributed by atoms with E-state index in [1.54, 1.807) is 24.4 Å². The van der Waals surface area contributed by atoms with Crippen molar-refractivity contribution in [2.75, 3.05) is 5.32 Å². The van der Waals surface area contributed by atoms with Gasteiger partial charge in [-0.05, 0) is 42.7 Å². The molecular weight excluding hydrogens is 305 g/mol. The van der Waals surface area contributed by atoms with Crippen molar-refractivity contribution < 1.29 is 9.18 Å². The van der Waals surface area contributed by atoms with E-state index in [-0.39, 0.29) is 17.8 Å². The molecule has 1 heterocycles. The molecule has 1 aromatic carbocycles. The van der Waals surface area contributed by atoms with Crippen molar-refractivity contribution >= 4 is 11.6 Å². The number of carbonyl (C=O) groups is 1. The Bertz CT molecular complexity index is 681. The van der Waals surface area contributed by atoms with Gasteiger partial charge in [0.1, 0.15) is 11.5 Å². The summed E-state index contributed by atoms with van der Waals surface area (Å²) in [5, 5.41) is 6.31. The molecule has 3 rings (SSSR count). The minimum absolute atomic E-state index is 0.118. The van der Waals surface area contributed by atoms with Gasteiger partial charge < -0.3 is 10.6 Å². The standard InChI is InChI=1S/C19H22FN3O/c20-15-8-6-14(7-9-15)13-22-17-10-11-21-18(12-17)19(24)23-16-4-2-1-3-5-16/h6-12,16H,1-5,13H2,(H,21,22)(H,23,24). The first-order chi connectivity index (χ1) is 11.7. The molecule has 24 heavy (non-hydrogen) atoms. The van der Waals surface area contributed by atoms with Gasteiger partial charge in [-0.2, -0.15) is 0 Å². The zero-order valence-corrected chi connectivity index (χ0v) is 13.6. The maximum Gasteiger partial charge on any atom is 0.270 e. The molecule has 2 aromatic rings. The number of carbonyl (C=O) groups excluding carboxylic acids is 1. The number of amides is 1. The Labute approximate surface area is 141 Å². The van der Waals surface area contributed by atoms with E-state index in [2.05, 4.69) is 15.6 Å². The van der Waals surface area contributed by atoms with E-state index in [9.17, 15) is 9.18 Å². The number of nitrogens with zero attached hydrogens (tertiary/aromatic N) is 1. The Hall–Kier alpha value is -2.43. The molecule has 2 N–H and O–H groups in total. The van der Waals surface area contributed by atoms with Crippen LogP contribution in [0.15, 0.2) is 42.6 Å². The number of halogens is 1. The first-order valence-corrected chi connectivity index (χ1v) is 8.46. The Morgan fingerprint density at radius 1 is 1.12 bits per heavy atom. The van der Waals surface area contributed by atoms with E-state index >= 15 is 0 Å². The van der Waals surface area contributed by atoms with Gasteiger partial charge in [0.05, 0.1) is 0 Å². The van der Waals surface area contributed by atoms with Crippen LogP contribution in [-0.2, 0) is 6.54 Å². The highest BCUT2D eigenvalue weighted by Crippen LogP contribution is 2.18. The molecule has 126 valence electrons. The second-order valence-corrected chi connectivity index (χ2v) is 6.22. The van der Waals surface area contributed by atoms with Crippen LogP contribution in [0.2, 0.25) is 0 Å². The molecule has 0 radical (unpaired) electrons. The van der Waals surface area contributed by atoms with Gasteiger partial charge in [-0.25, -0.2) is 4.39 Å². The molecule has 1 aliphatic rings. The zero-order valence-electron chi connectivity index (χ0n) is 13.6. The van der Waals surface area contributed by atoms with Gasteiger partial charge >= 0.3 is 0 Å². The minimum atomic E-state index is -0.246. The fourth-order valence-corrected chi connectivity index (χ4v) is 2.98. The van der Waals surface area contributed by atoms with E-state index in [1.807, 2.05) is 6.07 Å². The summed E-state index contributed by atoms with van der Waals surface area (Å²) in [4.78, 5) is 16.5. The second-order valence-electron chi connectivity index (χ2n) is 6.22. The number of pyridine rings is 1. The molecule has 0 saturated heterocycles. The van der Waals surface area contributed by atoms with Crippen molar-refractivity contribution in [1.29, 1.82) is 0 Å². The molecule has 1 fully saturated rings. The van der Waals surface area contributed by atoms with Crippen molar-refractivity contribution in [3.8, 4) is 0 Å². The smallest absolute Gasteiger partial charge is 0.270 e. The molecule has 0 bridgehead atoms. The molecule has 0 atom stereocenters. The van der Waals surface area contributed by atoms with Crippen LogP contribution in [0.1, 0.15) is 48.2 Å². The number of hydrogen-bond acceptors (Lipinski definition) is 3. The van der Waals surface area contributed by atoms with Crippen LogP contribution in [0.5, 0.6) is 0 Å². The average molecular weight is 327 g/mol. The summed E-state index contributed by atoms with van der Waals surface area (Å²) in [5.41, 5.74) is 2.22. The van der Waals surface area contributed by atoms with E-state index in [1.165, 1.54) is 31.4 Å². The molecule has 0 aliphatic heterocycles. The normalized spacial score (nSPS) is 15.0. The van der Waals surface area contributed by atoms with E-state index in [0.717, 1.165) is 24.1 Å². The van der Waals surface area contributed by atoms with Crippen LogP contribution in [0.3, 0.4) is 0 Å². The van der Waals surface area contributed by atoms with Crippen molar-refractivity contribution in [3.05, 3.63) is 59.7 Å². The maximum absolute atomic E-state index is 12.9. The van der Waals surface area contributed by atoms with E-state index < -0.39 is 0 Å². The molecule has 1 amide bonds. The van der Waals surface area contributed by atoms with Crippen LogP contribution in [0.25, 0.3) is 0 Å². The lowest BCUT2D eigenvalue weighted by molar-refractivity contribution is 0.0922. The highest BCUT2D eigenvalue weighted by Gasteiger charge is 2.17. The average Bonchev–Trinajstić information content (AvgIpc) is 2.62. The second kappa shape index (κ2) is 7.90. The first kappa shape index (κ1) is 16.4. The zero-order chi connectivity index (χ0) is 16.8. The Morgan fingerprint density at radius 3 is 2.62 bits per heavy atom. The van der Waals surface area contributed by atoms with Gasteiger partial charge in [-0.3, -0.25) is 9.78 Å². The molecule has 0 unspecified atom stereocenters. The summed E-state index contributed by atoms with van der Waals surface area (Å²) >= 11 is 0. The Morgan fingerprint density at radius 2 is 1.88 bits per heavy atom. The Kier molecular flexibility index (Phi) is 5.41. The lowest BCUT2D eigenvalue weighted by Gasteiger charge is -2.22. The Balaban J connectivity index is 1.58. The highest BCUT2D eigenvalue weighted by atomic mass is 19.1. The fourth-order valence-electron chi connectivity index (χ4n) is 2.98. The third-order valence-electron chi connectivity index (χ3n) is 4.34. The predicted octanol–water partition coefficient (Wildman–Crippen LogP) is 3.90. The summed E-state index contributed by atoms with van der Waals surface area (Å²) in [7, 11) is 0. The third kappa shape index (κ3) is 4.54. The van der Waals surface area contributed by atoms with Crippen LogP contribution < -0.4 is 10.6 Å². The molecule has 0 spiro atoms. The van der Waals surface area contributed by atoms with Gasteiger partial charge in [-0.1, -0.05) is 31.4 Å². The summed E-state index contributed by atoms with van der Waals surface area (Å²) in [5.74, 6) is -0.364. The van der Waals surface area contributed by atoms with E-state index in [0.29, 0.717) is 12.2 Å². The van der Waals surface area contributed by atoms with Crippen molar-refractivity contribution in [2.45, 2.75) is 44.7 Å². The van der Waals surface area contributed by atoms with Crippen LogP contribution in [0.4, 0.5) is 10.1 Å². The summed E-state index contributed by atoms with van der Waals surface area (Å²) < 4.78 is 12.9. The van der Waals surface area contributed by atoms with Crippen LogP contribution in [0, 0.1) is 5.82 Å². The van der Waals surface area contributed by atoms with Crippen molar-refractivity contribution in [3.63, 3.8) is 0 Å². The minimum Gasteiger partial charge on any atom is -0.381 e. The fraction of sp³-hybridized carbons (Fsp3) is 0.368. The summed E-state index contributed by atoms with van der Waals surface area (Å²) in [6.07, 6.45) is 7.34. The summed E-state index contributed by atoms with van der Waals surface area (Å²) in [6, 6.07) is 10.2. The largest absolute Gasteiger partial charge is 0.381 e. The topological polar surface area (TPSA) is 54.0 Å². The van der Waals surface area contributed by atoms with Crippen LogP contribution >= 0.6 is 0 Å². The van der Waals surface area contributed by atoms with Gasteiger partial charge in [0.2, 0.25) is 0 Å². The van der Waals surface area contributed by atoms with Crippen LogP contribution in [-0.4, -0.2) is 16.9 Å². The molecule has 1 saturated carbocycles. The van der Waals surface area contributed by atoms with Crippen molar-refractivity contribution in [2.24, 2.45) is 0 Å². The van der Waals surface area contributed by atoms with Gasteiger partial charge in [0.25, 0.3) is 5.91 Å². The van der Waals surface area contributed by atoms with Crippen molar-refractivity contribution in [1.82, 2.24) is 10.3 Å². The number of aromatic nitrogens is 1. The summed E-state index contributed by atoms with van der Waals surface area (Å²) in [6.45, 7) is 0.563. The van der Waals surface area contributed by atoms with E-state index in [4.69, 9.17) is 0 Å². The molecule has 1 aliphatic carbocycles. The third-order valence-corrected chi connectivity index (χ3v) is 4.34. The van der Waals surface area contributed by atoms with Gasteiger partial charge in [0.15, 0.2) is 0 Å². The SMILES string of the molecule is O=C(NC1CCCCC1)c1cc(NCc2ccc(F)cc2)ccn1. The highest BCUT2D eigenvalue weighted by molar-refractivity contribution is 5.93. The lowest BCUT2D eigenvalue weighted by atomic mass is 9.95. The van der Waals surface area contributed by atoms with Gasteiger partial charge in [-0.15, -0.1) is 0 Å². The first-order valence-electron chi connectivity index (χ1n) is 8.46. The lowest BCUT2D eigenvalue weighted by Crippen LogP contribution is -2.36. The molecule has 1 aromatic heterocycles. The number of anilines is 1.